The molecule has 0 amide bonds. The van der Waals surface area contributed by atoms with E-state index in [1.165, 1.54) is 0 Å². The predicted octanol–water partition coefficient (Wildman–Crippen LogP) is 4.34. The molecule has 3 nitrogen and oxygen atoms in total. The van der Waals surface area contributed by atoms with E-state index in [1.807, 2.05) is 42.6 Å². The second-order valence-electron chi connectivity index (χ2n) is 8.64. The number of carbonyl (C=O) groups is 1. The molecular formula is C24H21BN2O. The van der Waals surface area contributed by atoms with Crippen LogP contribution in [0.3, 0.4) is 0 Å². The Balaban J connectivity index is 1.81. The molecule has 0 fully saturated rings. The van der Waals surface area contributed by atoms with Gasteiger partial charge in [-0.1, -0.05) is 49.6 Å². The molecule has 0 bridgehead atoms. The van der Waals surface area contributed by atoms with E-state index in [9.17, 15) is 4.79 Å². The summed E-state index contributed by atoms with van der Waals surface area (Å²) in [5.74, 6) is 0.220. The summed E-state index contributed by atoms with van der Waals surface area (Å²) in [6.45, 7) is 4.35. The summed E-state index contributed by atoms with van der Waals surface area (Å²) >= 11 is 0. The van der Waals surface area contributed by atoms with Gasteiger partial charge in [0.1, 0.15) is 7.85 Å². The van der Waals surface area contributed by atoms with Crippen molar-refractivity contribution >= 4 is 41.3 Å². The van der Waals surface area contributed by atoms with Crippen molar-refractivity contribution in [1.82, 2.24) is 4.98 Å². The molecule has 1 unspecified atom stereocenters. The van der Waals surface area contributed by atoms with Crippen molar-refractivity contribution in [1.29, 1.82) is 0 Å². The number of Topliss-reactive ketones (excluding diaryl/α,β-unsaturated/α-hetero) is 1. The van der Waals surface area contributed by atoms with Gasteiger partial charge in [0.05, 0.1) is 11.6 Å². The lowest BCUT2D eigenvalue weighted by Crippen LogP contribution is -2.33. The van der Waals surface area contributed by atoms with Gasteiger partial charge in [-0.05, 0) is 41.2 Å². The number of rotatable bonds is 1. The summed E-state index contributed by atoms with van der Waals surface area (Å²) in [6.07, 6.45) is 3.24. The first-order valence-electron chi connectivity index (χ1n) is 9.69. The van der Waals surface area contributed by atoms with Gasteiger partial charge >= 0.3 is 0 Å². The van der Waals surface area contributed by atoms with Crippen LogP contribution in [0, 0.1) is 5.41 Å². The quantitative estimate of drug-likeness (QED) is 0.654. The minimum absolute atomic E-state index is 0.0604. The minimum atomic E-state index is -0.177. The van der Waals surface area contributed by atoms with E-state index in [4.69, 9.17) is 7.85 Å². The highest BCUT2D eigenvalue weighted by molar-refractivity contribution is 6.32. The Morgan fingerprint density at radius 1 is 1.11 bits per heavy atom. The van der Waals surface area contributed by atoms with Crippen molar-refractivity contribution in [3.05, 3.63) is 71.4 Å². The second kappa shape index (κ2) is 6.06. The first-order chi connectivity index (χ1) is 13.4. The smallest absolute Gasteiger partial charge is 0.162 e. The molecule has 1 aliphatic heterocycles. The van der Waals surface area contributed by atoms with Crippen LogP contribution in [0.4, 0.5) is 5.69 Å². The Morgan fingerprint density at radius 2 is 1.96 bits per heavy atom. The van der Waals surface area contributed by atoms with Gasteiger partial charge < -0.3 is 5.32 Å². The van der Waals surface area contributed by atoms with Gasteiger partial charge in [0.15, 0.2) is 5.78 Å². The van der Waals surface area contributed by atoms with Crippen LogP contribution in [-0.2, 0) is 4.79 Å². The van der Waals surface area contributed by atoms with Crippen LogP contribution in [0.2, 0.25) is 0 Å². The highest BCUT2D eigenvalue weighted by Crippen LogP contribution is 2.51. The Labute approximate surface area is 166 Å². The summed E-state index contributed by atoms with van der Waals surface area (Å²) in [5.41, 5.74) is 6.84. The normalized spacial score (nSPS) is 20.5. The summed E-state index contributed by atoms with van der Waals surface area (Å²) in [5, 5.41) is 4.72. The fourth-order valence-electron chi connectivity index (χ4n) is 4.71. The van der Waals surface area contributed by atoms with E-state index >= 15 is 0 Å². The molecule has 2 aliphatic rings. The molecule has 0 saturated carbocycles. The molecule has 2 radical (unpaired) electrons. The standard InChI is InChI=1S/C24H21BN2O/c1-24(2)12-17-21-16-7-4-10-26-18(16)8-9-19(21)27-23(22(17)20(28)13-24)14-5-3-6-15(25)11-14/h3-11,23,27H,12-13H2,1-2H3. The highest BCUT2D eigenvalue weighted by Gasteiger charge is 2.40. The SMILES string of the molecule is [B]c1cccc(C2Nc3ccc4ncccc4c3C3=C2C(=O)CC(C)(C)C3)c1. The van der Waals surface area contributed by atoms with Crippen molar-refractivity contribution in [3.8, 4) is 0 Å². The number of allylic oxidation sites excluding steroid dienone is 1. The third kappa shape index (κ3) is 2.67. The first kappa shape index (κ1) is 17.2. The molecule has 2 aromatic carbocycles. The maximum Gasteiger partial charge on any atom is 0.162 e. The zero-order chi connectivity index (χ0) is 19.5. The van der Waals surface area contributed by atoms with E-state index < -0.39 is 0 Å². The Hall–Kier alpha value is -2.88. The van der Waals surface area contributed by atoms with Crippen molar-refractivity contribution in [2.75, 3.05) is 5.32 Å². The van der Waals surface area contributed by atoms with Gasteiger partial charge in [0.2, 0.25) is 0 Å². The van der Waals surface area contributed by atoms with Crippen molar-refractivity contribution in [2.24, 2.45) is 5.41 Å². The monoisotopic (exact) mass is 364 g/mol. The van der Waals surface area contributed by atoms with Crippen LogP contribution in [0.25, 0.3) is 16.5 Å². The molecular weight excluding hydrogens is 343 g/mol. The summed E-state index contributed by atoms with van der Waals surface area (Å²) in [6, 6.07) is 15.8. The third-order valence-corrected chi connectivity index (χ3v) is 5.84. The highest BCUT2D eigenvalue weighted by atomic mass is 16.1. The fraction of sp³-hybridized carbons (Fsp3) is 0.250. The first-order valence-corrected chi connectivity index (χ1v) is 9.69. The molecule has 1 aromatic heterocycles. The molecule has 4 heteroatoms. The van der Waals surface area contributed by atoms with Gasteiger partial charge in [0.25, 0.3) is 0 Å². The maximum absolute atomic E-state index is 13.3. The molecule has 1 N–H and O–H groups in total. The van der Waals surface area contributed by atoms with Crippen LogP contribution >= 0.6 is 0 Å². The second-order valence-corrected chi connectivity index (χ2v) is 8.64. The average molecular weight is 364 g/mol. The minimum Gasteiger partial charge on any atom is -0.373 e. The molecule has 5 rings (SSSR count). The number of nitrogens with zero attached hydrogens (tertiary/aromatic N) is 1. The number of carbonyl (C=O) groups excluding carboxylic acids is 1. The van der Waals surface area contributed by atoms with E-state index in [1.54, 1.807) is 0 Å². The van der Waals surface area contributed by atoms with Gasteiger partial charge in [-0.15, -0.1) is 0 Å². The average Bonchev–Trinajstić information content (AvgIpc) is 2.66. The molecule has 1 atom stereocenters. The zero-order valence-corrected chi connectivity index (χ0v) is 16.1. The Morgan fingerprint density at radius 3 is 2.79 bits per heavy atom. The summed E-state index contributed by atoms with van der Waals surface area (Å²) in [4.78, 5) is 17.8. The van der Waals surface area contributed by atoms with Crippen molar-refractivity contribution in [3.63, 3.8) is 0 Å². The Kier molecular flexibility index (Phi) is 3.73. The molecule has 1 aliphatic carbocycles. The molecule has 0 saturated heterocycles. The van der Waals surface area contributed by atoms with Crippen LogP contribution in [0.15, 0.2) is 60.3 Å². The maximum atomic E-state index is 13.3. The van der Waals surface area contributed by atoms with Crippen LogP contribution in [-0.4, -0.2) is 18.6 Å². The molecule has 28 heavy (non-hydrogen) atoms. The molecule has 2 heterocycles. The van der Waals surface area contributed by atoms with Crippen LogP contribution < -0.4 is 10.8 Å². The largest absolute Gasteiger partial charge is 0.373 e. The van der Waals surface area contributed by atoms with E-state index in [0.29, 0.717) is 11.9 Å². The lowest BCUT2D eigenvalue weighted by molar-refractivity contribution is -0.118. The number of anilines is 1. The lowest BCUT2D eigenvalue weighted by Gasteiger charge is -2.40. The van der Waals surface area contributed by atoms with Gasteiger partial charge in [-0.2, -0.15) is 0 Å². The molecule has 136 valence electrons. The number of aromatic nitrogens is 1. The predicted molar refractivity (Wildman–Crippen MR) is 115 cm³/mol. The van der Waals surface area contributed by atoms with Crippen LogP contribution in [0.5, 0.6) is 0 Å². The summed E-state index contributed by atoms with van der Waals surface area (Å²) in [7, 11) is 6.04. The van der Waals surface area contributed by atoms with E-state index in [-0.39, 0.29) is 17.2 Å². The topological polar surface area (TPSA) is 42.0 Å². The van der Waals surface area contributed by atoms with Crippen molar-refractivity contribution in [2.45, 2.75) is 32.7 Å². The molecule has 3 aromatic rings. The number of fused-ring (bicyclic) bond motifs is 4. The van der Waals surface area contributed by atoms with Gasteiger partial charge in [-0.25, -0.2) is 0 Å². The lowest BCUT2D eigenvalue weighted by atomic mass is 9.68. The summed E-state index contributed by atoms with van der Waals surface area (Å²) < 4.78 is 0. The van der Waals surface area contributed by atoms with E-state index in [2.05, 4.69) is 36.3 Å². The molecule has 0 spiro atoms. The third-order valence-electron chi connectivity index (χ3n) is 5.84. The van der Waals surface area contributed by atoms with Gasteiger partial charge in [-0.3, -0.25) is 9.78 Å². The number of benzene rings is 2. The number of hydrogen-bond acceptors (Lipinski definition) is 3. The van der Waals surface area contributed by atoms with Crippen LogP contribution in [0.1, 0.15) is 43.9 Å². The van der Waals surface area contributed by atoms with Crippen molar-refractivity contribution < 1.29 is 4.79 Å². The number of ketones is 1. The number of pyridine rings is 1. The fourth-order valence-corrected chi connectivity index (χ4v) is 4.71. The number of hydrogen-bond donors (Lipinski definition) is 1. The number of nitrogens with one attached hydrogen (secondary N) is 1. The Bertz CT molecular complexity index is 1160. The zero-order valence-electron chi connectivity index (χ0n) is 16.1. The van der Waals surface area contributed by atoms with E-state index in [0.717, 1.165) is 45.3 Å². The van der Waals surface area contributed by atoms with Gasteiger partial charge in [0, 0.05) is 34.8 Å².